The predicted molar refractivity (Wildman–Crippen MR) is 88.6 cm³/mol. The van der Waals surface area contributed by atoms with Crippen molar-refractivity contribution in [1.82, 2.24) is 10.2 Å². The molecule has 1 fully saturated rings. The zero-order valence-electron chi connectivity index (χ0n) is 13.6. The van der Waals surface area contributed by atoms with E-state index in [1.54, 1.807) is 0 Å². The molecule has 1 atom stereocenters. The molecule has 1 unspecified atom stereocenters. The normalized spacial score (nSPS) is 19.8. The number of sulfone groups is 1. The summed E-state index contributed by atoms with van der Waals surface area (Å²) in [5, 5.41) is 5.43. The molecular weight excluding hydrogens is 362 g/mol. The number of hydrogen-bond acceptors (Lipinski definition) is 6. The van der Waals surface area contributed by atoms with Crippen LogP contribution in [0.25, 0.3) is 10.4 Å². The highest BCUT2D eigenvalue weighted by molar-refractivity contribution is 7.91. The van der Waals surface area contributed by atoms with Crippen molar-refractivity contribution in [3.63, 3.8) is 0 Å². The molecule has 0 aliphatic carbocycles. The third-order valence-electron chi connectivity index (χ3n) is 4.40. The number of piperidine rings is 1. The number of nitrogens with one attached hydrogen (secondary N) is 1. The number of imide groups is 1. The van der Waals surface area contributed by atoms with Crippen molar-refractivity contribution in [2.24, 2.45) is 5.11 Å². The molecule has 0 spiro atoms. The van der Waals surface area contributed by atoms with Crippen molar-refractivity contribution < 1.29 is 22.8 Å². The number of carbonyl (C=O) groups excluding carboxylic acids is 3. The minimum atomic E-state index is -3.76. The quantitative estimate of drug-likeness (QED) is 0.344. The van der Waals surface area contributed by atoms with Crippen LogP contribution in [-0.2, 0) is 26.0 Å². The fourth-order valence-electron chi connectivity index (χ4n) is 3.16. The zero-order chi connectivity index (χ0) is 18.9. The SMILES string of the molecule is [N-]=[N+]=NCCS(=O)(=O)c1cccc2c1CN(C1CCC(=O)NC1=O)C2=O. The van der Waals surface area contributed by atoms with Crippen LogP contribution in [0.2, 0.25) is 0 Å². The van der Waals surface area contributed by atoms with Crippen molar-refractivity contribution in [2.75, 3.05) is 12.3 Å². The molecule has 2 heterocycles. The number of nitrogens with zero attached hydrogens (tertiary/aromatic N) is 4. The maximum atomic E-state index is 12.7. The summed E-state index contributed by atoms with van der Waals surface area (Å²) in [6.45, 7) is -0.245. The lowest BCUT2D eigenvalue weighted by molar-refractivity contribution is -0.136. The van der Waals surface area contributed by atoms with Gasteiger partial charge in [-0.3, -0.25) is 19.7 Å². The molecule has 26 heavy (non-hydrogen) atoms. The topological polar surface area (TPSA) is 149 Å². The smallest absolute Gasteiger partial charge is 0.255 e. The van der Waals surface area contributed by atoms with E-state index in [4.69, 9.17) is 5.53 Å². The Kier molecular flexibility index (Phi) is 4.66. The average Bonchev–Trinajstić information content (AvgIpc) is 2.92. The van der Waals surface area contributed by atoms with Crippen LogP contribution in [0, 0.1) is 0 Å². The van der Waals surface area contributed by atoms with Crippen molar-refractivity contribution in [3.05, 3.63) is 39.8 Å². The van der Waals surface area contributed by atoms with Gasteiger partial charge < -0.3 is 4.90 Å². The second-order valence-electron chi connectivity index (χ2n) is 5.96. The zero-order valence-corrected chi connectivity index (χ0v) is 14.4. The highest BCUT2D eigenvalue weighted by Gasteiger charge is 2.40. The van der Waals surface area contributed by atoms with E-state index in [2.05, 4.69) is 15.3 Å². The molecule has 1 N–H and O–H groups in total. The molecule has 0 bridgehead atoms. The van der Waals surface area contributed by atoms with Gasteiger partial charge in [-0.15, -0.1) is 0 Å². The summed E-state index contributed by atoms with van der Waals surface area (Å²) in [6.07, 6.45) is 0.317. The summed E-state index contributed by atoms with van der Waals surface area (Å²) in [6, 6.07) is 3.55. The Morgan fingerprint density at radius 3 is 2.77 bits per heavy atom. The molecule has 0 radical (unpaired) electrons. The lowest BCUT2D eigenvalue weighted by Gasteiger charge is -2.29. The minimum absolute atomic E-state index is 0.00807. The number of benzene rings is 1. The van der Waals surface area contributed by atoms with Crippen LogP contribution in [0.1, 0.15) is 28.8 Å². The van der Waals surface area contributed by atoms with E-state index >= 15 is 0 Å². The first-order valence-corrected chi connectivity index (χ1v) is 9.50. The monoisotopic (exact) mass is 377 g/mol. The van der Waals surface area contributed by atoms with E-state index in [0.717, 1.165) is 0 Å². The molecular formula is C15H15N5O5S. The lowest BCUT2D eigenvalue weighted by Crippen LogP contribution is -2.52. The Balaban J connectivity index is 1.92. The number of amides is 3. The Hall–Kier alpha value is -2.91. The fraction of sp³-hybridized carbons (Fsp3) is 0.400. The van der Waals surface area contributed by atoms with E-state index in [0.29, 0.717) is 5.56 Å². The fourth-order valence-corrected chi connectivity index (χ4v) is 4.54. The molecule has 136 valence electrons. The Morgan fingerprint density at radius 2 is 2.08 bits per heavy atom. The molecule has 3 rings (SSSR count). The standard InChI is InChI=1S/C15H15N5O5S/c16-19-17-6-7-26(24,25)12-3-1-2-9-10(12)8-20(15(9)23)11-4-5-13(21)18-14(11)22/h1-3,11H,4-8H2,(H,18,21,22). The van der Waals surface area contributed by atoms with Crippen LogP contribution in [0.3, 0.4) is 0 Å². The van der Waals surface area contributed by atoms with Gasteiger partial charge in [-0.1, -0.05) is 11.2 Å². The molecule has 2 aliphatic heterocycles. The number of fused-ring (bicyclic) bond motifs is 1. The third-order valence-corrected chi connectivity index (χ3v) is 6.17. The van der Waals surface area contributed by atoms with Crippen molar-refractivity contribution >= 4 is 27.6 Å². The van der Waals surface area contributed by atoms with Gasteiger partial charge in [0.15, 0.2) is 9.84 Å². The maximum Gasteiger partial charge on any atom is 0.255 e. The third kappa shape index (κ3) is 3.14. The number of azide groups is 1. The van der Waals surface area contributed by atoms with Crippen LogP contribution in [-0.4, -0.2) is 49.4 Å². The average molecular weight is 377 g/mol. The first-order valence-electron chi connectivity index (χ1n) is 7.85. The van der Waals surface area contributed by atoms with Gasteiger partial charge in [0, 0.05) is 35.5 Å². The molecule has 2 aliphatic rings. The highest BCUT2D eigenvalue weighted by Crippen LogP contribution is 2.32. The molecule has 0 aromatic heterocycles. The molecule has 10 nitrogen and oxygen atoms in total. The number of hydrogen-bond donors (Lipinski definition) is 1. The van der Waals surface area contributed by atoms with Gasteiger partial charge >= 0.3 is 0 Å². The van der Waals surface area contributed by atoms with E-state index in [9.17, 15) is 22.8 Å². The Bertz CT molecular complexity index is 951. The maximum absolute atomic E-state index is 12.7. The second-order valence-corrected chi connectivity index (χ2v) is 8.03. The van der Waals surface area contributed by atoms with E-state index in [1.165, 1.54) is 23.1 Å². The Labute approximate surface area is 148 Å². The Morgan fingerprint density at radius 1 is 1.31 bits per heavy atom. The molecule has 11 heteroatoms. The summed E-state index contributed by atoms with van der Waals surface area (Å²) in [5.74, 6) is -1.77. The summed E-state index contributed by atoms with van der Waals surface area (Å²) < 4.78 is 25.1. The van der Waals surface area contributed by atoms with E-state index in [1.807, 2.05) is 0 Å². The summed E-state index contributed by atoms with van der Waals surface area (Å²) in [7, 11) is -3.76. The predicted octanol–water partition coefficient (Wildman–Crippen LogP) is 0.532. The van der Waals surface area contributed by atoms with Gasteiger partial charge in [-0.05, 0) is 24.1 Å². The first-order chi connectivity index (χ1) is 12.3. The first kappa shape index (κ1) is 17.9. The van der Waals surface area contributed by atoms with Crippen LogP contribution in [0.5, 0.6) is 0 Å². The summed E-state index contributed by atoms with van der Waals surface area (Å²) in [5.41, 5.74) is 8.84. The van der Waals surface area contributed by atoms with Crippen LogP contribution >= 0.6 is 0 Å². The molecule has 1 aromatic rings. The summed E-state index contributed by atoms with van der Waals surface area (Å²) in [4.78, 5) is 39.8. The minimum Gasteiger partial charge on any atom is -0.322 e. The molecule has 1 aromatic carbocycles. The van der Waals surface area contributed by atoms with Gasteiger partial charge in [0.05, 0.1) is 10.6 Å². The van der Waals surface area contributed by atoms with Gasteiger partial charge in [0.2, 0.25) is 11.8 Å². The van der Waals surface area contributed by atoms with Crippen LogP contribution < -0.4 is 5.32 Å². The van der Waals surface area contributed by atoms with Gasteiger partial charge in [-0.25, -0.2) is 8.42 Å². The molecule has 0 saturated carbocycles. The van der Waals surface area contributed by atoms with Crippen molar-refractivity contribution in [3.8, 4) is 0 Å². The largest absolute Gasteiger partial charge is 0.322 e. The lowest BCUT2D eigenvalue weighted by atomic mass is 10.0. The van der Waals surface area contributed by atoms with E-state index < -0.39 is 33.6 Å². The van der Waals surface area contributed by atoms with Crippen molar-refractivity contribution in [1.29, 1.82) is 0 Å². The van der Waals surface area contributed by atoms with Crippen molar-refractivity contribution in [2.45, 2.75) is 30.3 Å². The molecule has 1 saturated heterocycles. The van der Waals surface area contributed by atoms with Crippen LogP contribution in [0.4, 0.5) is 0 Å². The summed E-state index contributed by atoms with van der Waals surface area (Å²) >= 11 is 0. The number of carbonyl (C=O) groups is 3. The van der Waals surface area contributed by atoms with Gasteiger partial charge in [0.1, 0.15) is 6.04 Å². The van der Waals surface area contributed by atoms with Crippen LogP contribution in [0.15, 0.2) is 28.2 Å². The highest BCUT2D eigenvalue weighted by atomic mass is 32.2. The second kappa shape index (κ2) is 6.77. The van der Waals surface area contributed by atoms with E-state index in [-0.39, 0.29) is 42.1 Å². The molecule has 3 amide bonds. The van der Waals surface area contributed by atoms with Gasteiger partial charge in [0.25, 0.3) is 5.91 Å². The van der Waals surface area contributed by atoms with Gasteiger partial charge in [-0.2, -0.15) is 0 Å². The number of rotatable bonds is 5.